The predicted octanol–water partition coefficient (Wildman–Crippen LogP) is 5.93. The van der Waals surface area contributed by atoms with Gasteiger partial charge in [0.25, 0.3) is 0 Å². The summed E-state index contributed by atoms with van der Waals surface area (Å²) in [5.41, 5.74) is 2.70. The number of nitriles is 1. The normalized spacial score (nSPS) is 10.5. The number of amides is 1. The molecule has 1 amide bonds. The zero-order valence-corrected chi connectivity index (χ0v) is 18.5. The molecule has 0 bridgehead atoms. The molecule has 0 aliphatic rings. The summed E-state index contributed by atoms with van der Waals surface area (Å²) in [5, 5.41) is 12.7. The first-order valence-corrected chi connectivity index (χ1v) is 10.5. The quantitative estimate of drug-likeness (QED) is 0.368. The number of pyridine rings is 1. The number of anilines is 1. The van der Waals surface area contributed by atoms with Crippen molar-refractivity contribution in [1.29, 1.82) is 5.26 Å². The van der Waals surface area contributed by atoms with Crippen LogP contribution in [-0.4, -0.2) is 15.9 Å². The molecule has 0 spiro atoms. The van der Waals surface area contributed by atoms with Crippen LogP contribution in [0, 0.1) is 18.3 Å². The van der Waals surface area contributed by atoms with Crippen molar-refractivity contribution in [2.75, 3.05) is 5.32 Å². The van der Waals surface area contributed by atoms with Crippen LogP contribution in [0.15, 0.2) is 71.4 Å². The van der Waals surface area contributed by atoms with Crippen LogP contribution >= 0.6 is 11.6 Å². The van der Waals surface area contributed by atoms with Gasteiger partial charge >= 0.3 is 0 Å². The molecule has 1 N–H and O–H groups in total. The molecule has 2 aromatic carbocycles. The average Bonchev–Trinajstić information content (AvgIpc) is 3.29. The molecule has 33 heavy (non-hydrogen) atoms. The molecule has 0 unspecified atom stereocenters. The number of ether oxygens (including phenoxy) is 1. The van der Waals surface area contributed by atoms with Crippen LogP contribution in [0.2, 0.25) is 5.02 Å². The molecule has 4 rings (SSSR count). The first-order valence-electron chi connectivity index (χ1n) is 10.2. The fraction of sp³-hybridized carbons (Fsp3) is 0.120. The van der Waals surface area contributed by atoms with Crippen LogP contribution in [0.25, 0.3) is 11.3 Å². The maximum Gasteiger partial charge on any atom is 0.237 e. The smallest absolute Gasteiger partial charge is 0.237 e. The second-order valence-electron chi connectivity index (χ2n) is 7.22. The topological polar surface area (TPSA) is 101 Å². The van der Waals surface area contributed by atoms with Crippen molar-refractivity contribution in [3.8, 4) is 29.0 Å². The molecule has 0 saturated carbocycles. The van der Waals surface area contributed by atoms with Crippen LogP contribution in [0.4, 0.5) is 5.69 Å². The van der Waals surface area contributed by atoms with Crippen molar-refractivity contribution in [2.45, 2.75) is 19.8 Å². The summed E-state index contributed by atoms with van der Waals surface area (Å²) in [6, 6.07) is 17.9. The Morgan fingerprint density at radius 2 is 2.00 bits per heavy atom. The first-order chi connectivity index (χ1) is 16.0. The highest BCUT2D eigenvalue weighted by Crippen LogP contribution is 2.27. The van der Waals surface area contributed by atoms with E-state index in [-0.39, 0.29) is 18.2 Å². The van der Waals surface area contributed by atoms with Gasteiger partial charge in [0.1, 0.15) is 17.4 Å². The lowest BCUT2D eigenvalue weighted by Gasteiger charge is -2.11. The summed E-state index contributed by atoms with van der Waals surface area (Å²) in [7, 11) is 0. The van der Waals surface area contributed by atoms with Gasteiger partial charge in [0.2, 0.25) is 11.8 Å². The van der Waals surface area contributed by atoms with Crippen molar-refractivity contribution in [3.05, 3.63) is 89.0 Å². The molecule has 8 heteroatoms. The molecule has 0 radical (unpaired) electrons. The number of hydrogen-bond donors (Lipinski definition) is 1. The molecule has 7 nitrogen and oxygen atoms in total. The minimum atomic E-state index is -0.158. The minimum Gasteiger partial charge on any atom is -0.441 e. The standard InChI is InChI=1S/C25H19ClN4O3/c1-16-13-20(32-25-18(14-27)3-2-12-28-25)8-9-21(16)30-23(31)10-11-24-29-15-22(33-24)17-4-6-19(26)7-5-17/h2-9,12-13,15H,10-11H2,1H3,(H,30,31). The number of aryl methyl sites for hydroxylation is 2. The van der Waals surface area contributed by atoms with E-state index in [1.54, 1.807) is 54.9 Å². The number of nitrogens with one attached hydrogen (secondary N) is 1. The second-order valence-corrected chi connectivity index (χ2v) is 7.66. The summed E-state index contributed by atoms with van der Waals surface area (Å²) in [6.45, 7) is 1.86. The second kappa shape index (κ2) is 9.98. The monoisotopic (exact) mass is 458 g/mol. The van der Waals surface area contributed by atoms with Crippen LogP contribution in [-0.2, 0) is 11.2 Å². The number of oxazole rings is 1. The maximum atomic E-state index is 12.4. The molecule has 0 aliphatic heterocycles. The van der Waals surface area contributed by atoms with Gasteiger partial charge in [-0.1, -0.05) is 11.6 Å². The molecule has 164 valence electrons. The largest absolute Gasteiger partial charge is 0.441 e. The number of halogens is 1. The molecule has 0 aliphatic carbocycles. The highest BCUT2D eigenvalue weighted by molar-refractivity contribution is 6.30. The highest BCUT2D eigenvalue weighted by Gasteiger charge is 2.12. The Hall–Kier alpha value is -4.15. The highest BCUT2D eigenvalue weighted by atomic mass is 35.5. The average molecular weight is 459 g/mol. The van der Waals surface area contributed by atoms with Crippen molar-refractivity contribution < 1.29 is 13.9 Å². The summed E-state index contributed by atoms with van der Waals surface area (Å²) in [4.78, 5) is 20.8. The molecule has 0 fully saturated rings. The van der Waals surface area contributed by atoms with E-state index in [0.717, 1.165) is 11.1 Å². The van der Waals surface area contributed by atoms with Crippen LogP contribution in [0.1, 0.15) is 23.4 Å². The summed E-state index contributed by atoms with van der Waals surface area (Å²) < 4.78 is 11.5. The SMILES string of the molecule is Cc1cc(Oc2ncccc2C#N)ccc1NC(=O)CCc1ncc(-c2ccc(Cl)cc2)o1. The molecule has 0 saturated heterocycles. The Bertz CT molecular complexity index is 1330. The third-order valence-electron chi connectivity index (χ3n) is 4.83. The van der Waals surface area contributed by atoms with Gasteiger partial charge < -0.3 is 14.5 Å². The van der Waals surface area contributed by atoms with Crippen molar-refractivity contribution in [1.82, 2.24) is 9.97 Å². The van der Waals surface area contributed by atoms with Crippen LogP contribution in [0.5, 0.6) is 11.6 Å². The van der Waals surface area contributed by atoms with Crippen molar-refractivity contribution in [2.24, 2.45) is 0 Å². The van der Waals surface area contributed by atoms with E-state index in [4.69, 9.17) is 26.0 Å². The van der Waals surface area contributed by atoms with Gasteiger partial charge in [-0.2, -0.15) is 5.26 Å². The van der Waals surface area contributed by atoms with Crippen molar-refractivity contribution in [3.63, 3.8) is 0 Å². The zero-order chi connectivity index (χ0) is 23.2. The third kappa shape index (κ3) is 5.56. The Kier molecular flexibility index (Phi) is 6.67. The van der Waals surface area contributed by atoms with Crippen LogP contribution < -0.4 is 10.1 Å². The maximum absolute atomic E-state index is 12.4. The van der Waals surface area contributed by atoms with Gasteiger partial charge in [0.15, 0.2) is 11.7 Å². The Balaban J connectivity index is 1.34. The Morgan fingerprint density at radius 1 is 1.18 bits per heavy atom. The van der Waals surface area contributed by atoms with Gasteiger partial charge in [0.05, 0.1) is 6.20 Å². The van der Waals surface area contributed by atoms with Crippen molar-refractivity contribution >= 4 is 23.2 Å². The lowest BCUT2D eigenvalue weighted by atomic mass is 10.2. The Morgan fingerprint density at radius 3 is 2.76 bits per heavy atom. The van der Waals surface area contributed by atoms with Crippen LogP contribution in [0.3, 0.4) is 0 Å². The lowest BCUT2D eigenvalue weighted by molar-refractivity contribution is -0.116. The number of rotatable bonds is 7. The van der Waals surface area contributed by atoms with E-state index in [2.05, 4.69) is 15.3 Å². The minimum absolute atomic E-state index is 0.158. The molecular formula is C25H19ClN4O3. The van der Waals surface area contributed by atoms with Gasteiger partial charge in [-0.25, -0.2) is 9.97 Å². The van der Waals surface area contributed by atoms with Gasteiger partial charge in [0, 0.05) is 35.3 Å². The van der Waals surface area contributed by atoms with E-state index < -0.39 is 0 Å². The zero-order valence-electron chi connectivity index (χ0n) is 17.7. The van der Waals surface area contributed by atoms with Gasteiger partial charge in [-0.3, -0.25) is 4.79 Å². The fourth-order valence-electron chi connectivity index (χ4n) is 3.12. The van der Waals surface area contributed by atoms with E-state index in [0.29, 0.717) is 40.1 Å². The molecule has 2 heterocycles. The summed E-state index contributed by atoms with van der Waals surface area (Å²) in [6.07, 6.45) is 3.79. The number of carbonyl (C=O) groups is 1. The van der Waals surface area contributed by atoms with E-state index in [9.17, 15) is 4.79 Å². The molecule has 2 aromatic heterocycles. The van der Waals surface area contributed by atoms with E-state index in [1.165, 1.54) is 0 Å². The first kappa shape index (κ1) is 22.1. The number of aromatic nitrogens is 2. The van der Waals surface area contributed by atoms with E-state index in [1.807, 2.05) is 25.1 Å². The summed E-state index contributed by atoms with van der Waals surface area (Å²) >= 11 is 5.91. The molecule has 0 atom stereocenters. The Labute approximate surface area is 195 Å². The molecule has 4 aromatic rings. The van der Waals surface area contributed by atoms with E-state index >= 15 is 0 Å². The lowest BCUT2D eigenvalue weighted by Crippen LogP contribution is -2.13. The number of benzene rings is 2. The summed E-state index contributed by atoms with van der Waals surface area (Å²) in [5.74, 6) is 1.71. The fourth-order valence-corrected chi connectivity index (χ4v) is 3.24. The van der Waals surface area contributed by atoms with Gasteiger partial charge in [-0.05, 0) is 67.1 Å². The number of hydrogen-bond acceptors (Lipinski definition) is 6. The molecular weight excluding hydrogens is 440 g/mol. The van der Waals surface area contributed by atoms with Gasteiger partial charge in [-0.15, -0.1) is 0 Å². The number of nitrogens with zero attached hydrogens (tertiary/aromatic N) is 3. The number of carbonyl (C=O) groups excluding carboxylic acids is 1. The predicted molar refractivity (Wildman–Crippen MR) is 124 cm³/mol. The third-order valence-corrected chi connectivity index (χ3v) is 5.08.